The maximum absolute atomic E-state index is 9.46. The average molecular weight is 396 g/mol. The zero-order valence-electron chi connectivity index (χ0n) is 15.7. The van der Waals surface area contributed by atoms with Crippen LogP contribution in [0.3, 0.4) is 0 Å². The third-order valence-corrected chi connectivity index (χ3v) is 4.67. The SMILES string of the molecule is Oc1ccc(Oc2ccnc3c2ccc2c(Oc4ccc(O)cc4)ccnc23)cc1. The van der Waals surface area contributed by atoms with E-state index in [0.29, 0.717) is 34.0 Å². The van der Waals surface area contributed by atoms with Gasteiger partial charge in [0.1, 0.15) is 45.5 Å². The summed E-state index contributed by atoms with van der Waals surface area (Å²) in [5, 5.41) is 20.5. The number of benzene rings is 3. The Morgan fingerprint density at radius 1 is 0.500 bits per heavy atom. The second-order valence-electron chi connectivity index (χ2n) is 6.67. The summed E-state index contributed by atoms with van der Waals surface area (Å²) < 4.78 is 12.0. The Morgan fingerprint density at radius 3 is 1.30 bits per heavy atom. The van der Waals surface area contributed by atoms with Crippen LogP contribution in [0.2, 0.25) is 0 Å². The molecule has 0 unspecified atom stereocenters. The second kappa shape index (κ2) is 7.25. The first kappa shape index (κ1) is 17.8. The molecule has 0 aliphatic carbocycles. The molecule has 2 aromatic heterocycles. The summed E-state index contributed by atoms with van der Waals surface area (Å²) in [5.41, 5.74) is 1.39. The van der Waals surface area contributed by atoms with Gasteiger partial charge in [-0.05, 0) is 72.8 Å². The van der Waals surface area contributed by atoms with E-state index in [9.17, 15) is 10.2 Å². The smallest absolute Gasteiger partial charge is 0.138 e. The number of rotatable bonds is 4. The van der Waals surface area contributed by atoms with Gasteiger partial charge in [0.15, 0.2) is 0 Å². The van der Waals surface area contributed by atoms with Crippen LogP contribution in [-0.4, -0.2) is 20.2 Å². The average Bonchev–Trinajstić information content (AvgIpc) is 2.77. The molecule has 0 aliphatic heterocycles. The van der Waals surface area contributed by atoms with Crippen molar-refractivity contribution in [3.8, 4) is 34.5 Å². The lowest BCUT2D eigenvalue weighted by atomic mass is 10.1. The van der Waals surface area contributed by atoms with Crippen molar-refractivity contribution in [3.05, 3.63) is 85.2 Å². The highest BCUT2D eigenvalue weighted by Crippen LogP contribution is 2.36. The van der Waals surface area contributed by atoms with Gasteiger partial charge < -0.3 is 19.7 Å². The Kier molecular flexibility index (Phi) is 4.29. The van der Waals surface area contributed by atoms with Gasteiger partial charge >= 0.3 is 0 Å². The fourth-order valence-electron chi connectivity index (χ4n) is 3.24. The minimum atomic E-state index is 0.179. The third-order valence-electron chi connectivity index (χ3n) is 4.67. The number of phenolic OH excluding ortho intramolecular Hbond substituents is 2. The largest absolute Gasteiger partial charge is 0.508 e. The zero-order valence-corrected chi connectivity index (χ0v) is 15.7. The number of aromatic hydroxyl groups is 2. The lowest BCUT2D eigenvalue weighted by Crippen LogP contribution is -1.92. The topological polar surface area (TPSA) is 84.7 Å². The van der Waals surface area contributed by atoms with Crippen molar-refractivity contribution in [1.82, 2.24) is 9.97 Å². The Hall–Kier alpha value is -4.32. The normalized spacial score (nSPS) is 10.9. The Balaban J connectivity index is 1.58. The molecule has 0 saturated heterocycles. The van der Waals surface area contributed by atoms with E-state index in [1.54, 1.807) is 73.1 Å². The molecule has 0 fully saturated rings. The third kappa shape index (κ3) is 3.31. The van der Waals surface area contributed by atoms with Gasteiger partial charge in [0.05, 0.1) is 0 Å². The fraction of sp³-hybridized carbons (Fsp3) is 0. The van der Waals surface area contributed by atoms with Crippen molar-refractivity contribution < 1.29 is 19.7 Å². The van der Waals surface area contributed by atoms with Crippen LogP contribution in [0.25, 0.3) is 21.8 Å². The number of nitrogens with zero attached hydrogens (tertiary/aromatic N) is 2. The minimum absolute atomic E-state index is 0.179. The molecular formula is C24H16N2O4. The monoisotopic (exact) mass is 396 g/mol. The first-order valence-electron chi connectivity index (χ1n) is 9.27. The van der Waals surface area contributed by atoms with Gasteiger partial charge in [0.2, 0.25) is 0 Å². The summed E-state index contributed by atoms with van der Waals surface area (Å²) in [7, 11) is 0. The number of pyridine rings is 2. The van der Waals surface area contributed by atoms with Crippen molar-refractivity contribution >= 4 is 21.8 Å². The molecule has 0 bridgehead atoms. The van der Waals surface area contributed by atoms with E-state index in [-0.39, 0.29) is 11.5 Å². The molecule has 0 atom stereocenters. The summed E-state index contributed by atoms with van der Waals surface area (Å²) >= 11 is 0. The first-order valence-corrected chi connectivity index (χ1v) is 9.27. The summed E-state index contributed by atoms with van der Waals surface area (Å²) in [4.78, 5) is 9.03. The van der Waals surface area contributed by atoms with E-state index in [4.69, 9.17) is 9.47 Å². The highest BCUT2D eigenvalue weighted by molar-refractivity contribution is 6.06. The molecule has 5 rings (SSSR count). The molecule has 0 saturated carbocycles. The Labute approximate surface area is 171 Å². The maximum Gasteiger partial charge on any atom is 0.138 e. The standard InChI is InChI=1S/C24H16N2O4/c27-15-1-5-17(6-2-15)29-21-11-13-25-23-19(21)9-10-20-22(12-14-26-24(20)23)30-18-7-3-16(28)4-8-18/h1-14,27-28H. The maximum atomic E-state index is 9.46. The van der Waals surface area contributed by atoms with Gasteiger partial charge in [0, 0.05) is 23.2 Å². The minimum Gasteiger partial charge on any atom is -0.508 e. The summed E-state index contributed by atoms with van der Waals surface area (Å²) in [5.74, 6) is 2.85. The fourth-order valence-corrected chi connectivity index (χ4v) is 3.24. The van der Waals surface area contributed by atoms with Gasteiger partial charge in [-0.1, -0.05) is 0 Å². The predicted molar refractivity (Wildman–Crippen MR) is 113 cm³/mol. The number of aromatic nitrogens is 2. The summed E-state index contributed by atoms with van der Waals surface area (Å²) in [6.07, 6.45) is 3.35. The highest BCUT2D eigenvalue weighted by Gasteiger charge is 2.12. The van der Waals surface area contributed by atoms with E-state index < -0.39 is 0 Å². The van der Waals surface area contributed by atoms with Crippen LogP contribution in [0.5, 0.6) is 34.5 Å². The first-order chi connectivity index (χ1) is 14.7. The molecular weight excluding hydrogens is 380 g/mol. The van der Waals surface area contributed by atoms with Gasteiger partial charge in [-0.2, -0.15) is 0 Å². The van der Waals surface area contributed by atoms with Crippen molar-refractivity contribution in [2.45, 2.75) is 0 Å². The van der Waals surface area contributed by atoms with E-state index in [1.165, 1.54) is 0 Å². The quantitative estimate of drug-likeness (QED) is 0.375. The van der Waals surface area contributed by atoms with Gasteiger partial charge in [-0.15, -0.1) is 0 Å². The zero-order chi connectivity index (χ0) is 20.5. The van der Waals surface area contributed by atoms with Crippen molar-refractivity contribution in [3.63, 3.8) is 0 Å². The van der Waals surface area contributed by atoms with Crippen molar-refractivity contribution in [1.29, 1.82) is 0 Å². The molecule has 2 N–H and O–H groups in total. The summed E-state index contributed by atoms with van der Waals surface area (Å²) in [6, 6.07) is 20.5. The molecule has 5 aromatic rings. The number of fused-ring (bicyclic) bond motifs is 3. The molecule has 3 aromatic carbocycles. The predicted octanol–water partition coefficient (Wildman–Crippen LogP) is 5.78. The lowest BCUT2D eigenvalue weighted by Gasteiger charge is -2.12. The van der Waals surface area contributed by atoms with E-state index in [2.05, 4.69) is 9.97 Å². The molecule has 0 amide bonds. The number of hydrogen-bond acceptors (Lipinski definition) is 6. The van der Waals surface area contributed by atoms with Crippen LogP contribution in [0.15, 0.2) is 85.2 Å². The number of ether oxygens (including phenoxy) is 2. The van der Waals surface area contributed by atoms with Crippen LogP contribution in [-0.2, 0) is 0 Å². The van der Waals surface area contributed by atoms with E-state index >= 15 is 0 Å². The highest BCUT2D eigenvalue weighted by atomic mass is 16.5. The van der Waals surface area contributed by atoms with E-state index in [1.807, 2.05) is 12.1 Å². The van der Waals surface area contributed by atoms with Crippen molar-refractivity contribution in [2.75, 3.05) is 0 Å². The van der Waals surface area contributed by atoms with Crippen LogP contribution < -0.4 is 9.47 Å². The van der Waals surface area contributed by atoms with Crippen LogP contribution in [0, 0.1) is 0 Å². The molecule has 6 heteroatoms. The molecule has 0 radical (unpaired) electrons. The van der Waals surface area contributed by atoms with Gasteiger partial charge in [-0.25, -0.2) is 0 Å². The van der Waals surface area contributed by atoms with Crippen molar-refractivity contribution in [2.24, 2.45) is 0 Å². The molecule has 2 heterocycles. The van der Waals surface area contributed by atoms with Crippen LogP contribution in [0.1, 0.15) is 0 Å². The van der Waals surface area contributed by atoms with Crippen LogP contribution >= 0.6 is 0 Å². The Morgan fingerprint density at radius 2 is 0.900 bits per heavy atom. The van der Waals surface area contributed by atoms with Gasteiger partial charge in [-0.3, -0.25) is 9.97 Å². The molecule has 0 aliphatic rings. The van der Waals surface area contributed by atoms with E-state index in [0.717, 1.165) is 10.8 Å². The molecule has 30 heavy (non-hydrogen) atoms. The molecule has 6 nitrogen and oxygen atoms in total. The second-order valence-corrected chi connectivity index (χ2v) is 6.67. The Bertz CT molecular complexity index is 1240. The van der Waals surface area contributed by atoms with Gasteiger partial charge in [0.25, 0.3) is 0 Å². The number of hydrogen-bond donors (Lipinski definition) is 2. The summed E-state index contributed by atoms with van der Waals surface area (Å²) in [6.45, 7) is 0. The molecule has 146 valence electrons. The molecule has 0 spiro atoms. The number of phenols is 2. The lowest BCUT2D eigenvalue weighted by molar-refractivity contribution is 0.465. The van der Waals surface area contributed by atoms with Crippen LogP contribution in [0.4, 0.5) is 0 Å².